The molecule has 162 valence electrons. The first kappa shape index (κ1) is 22.1. The zero-order chi connectivity index (χ0) is 21.9. The van der Waals surface area contributed by atoms with Crippen LogP contribution < -0.4 is 14.2 Å². The summed E-state index contributed by atoms with van der Waals surface area (Å²) in [6, 6.07) is 8.33. The van der Waals surface area contributed by atoms with Gasteiger partial charge in [-0.15, -0.1) is 11.8 Å². The average molecular weight is 441 g/mol. The van der Waals surface area contributed by atoms with Gasteiger partial charge < -0.3 is 19.1 Å². The number of ether oxygens (including phenoxy) is 3. The SMILES string of the molecule is COc1cc(OC)c(C2SCCN2C(=O)Cc2cccc(C(F)(F)F)c2)cc1OC. The van der Waals surface area contributed by atoms with Crippen molar-refractivity contribution in [3.05, 3.63) is 53.1 Å². The number of alkyl halides is 3. The Bertz CT molecular complexity index is 920. The van der Waals surface area contributed by atoms with E-state index in [1.54, 1.807) is 28.8 Å². The average Bonchev–Trinajstić information content (AvgIpc) is 3.22. The third-order valence-corrected chi connectivity index (χ3v) is 6.07. The number of rotatable bonds is 6. The molecule has 1 fully saturated rings. The van der Waals surface area contributed by atoms with E-state index in [9.17, 15) is 18.0 Å². The van der Waals surface area contributed by atoms with Gasteiger partial charge in [-0.1, -0.05) is 18.2 Å². The first-order valence-corrected chi connectivity index (χ1v) is 10.2. The van der Waals surface area contributed by atoms with Crippen molar-refractivity contribution in [1.29, 1.82) is 0 Å². The van der Waals surface area contributed by atoms with Gasteiger partial charge in [-0.2, -0.15) is 13.2 Å². The summed E-state index contributed by atoms with van der Waals surface area (Å²) in [5.41, 5.74) is 0.307. The van der Waals surface area contributed by atoms with Gasteiger partial charge in [-0.05, 0) is 17.7 Å². The largest absolute Gasteiger partial charge is 0.496 e. The Morgan fingerprint density at radius 3 is 2.37 bits per heavy atom. The third kappa shape index (κ3) is 4.61. The second-order valence-corrected chi connectivity index (χ2v) is 7.82. The number of nitrogens with zero attached hydrogens (tertiary/aromatic N) is 1. The van der Waals surface area contributed by atoms with Gasteiger partial charge in [0, 0.05) is 23.9 Å². The molecule has 1 aliphatic rings. The lowest BCUT2D eigenvalue weighted by atomic mass is 10.1. The van der Waals surface area contributed by atoms with E-state index in [-0.39, 0.29) is 17.7 Å². The minimum Gasteiger partial charge on any atom is -0.496 e. The predicted octanol–water partition coefficient (Wildman–Crippen LogP) is 4.55. The van der Waals surface area contributed by atoms with E-state index in [0.29, 0.717) is 35.1 Å². The van der Waals surface area contributed by atoms with Crippen LogP contribution in [0, 0.1) is 0 Å². The van der Waals surface area contributed by atoms with Gasteiger partial charge in [0.05, 0.1) is 33.3 Å². The van der Waals surface area contributed by atoms with E-state index >= 15 is 0 Å². The van der Waals surface area contributed by atoms with Crippen molar-refractivity contribution in [3.63, 3.8) is 0 Å². The van der Waals surface area contributed by atoms with Gasteiger partial charge in [-0.3, -0.25) is 4.79 Å². The molecule has 0 aromatic heterocycles. The fourth-order valence-electron chi connectivity index (χ4n) is 3.36. The lowest BCUT2D eigenvalue weighted by Gasteiger charge is -2.26. The second kappa shape index (κ2) is 9.07. The second-order valence-electron chi connectivity index (χ2n) is 6.63. The van der Waals surface area contributed by atoms with Gasteiger partial charge in [0.1, 0.15) is 11.1 Å². The number of hydrogen-bond donors (Lipinski definition) is 0. The number of methoxy groups -OCH3 is 3. The highest BCUT2D eigenvalue weighted by molar-refractivity contribution is 7.99. The zero-order valence-electron chi connectivity index (χ0n) is 16.8. The maximum absolute atomic E-state index is 13.0. The number of amides is 1. The summed E-state index contributed by atoms with van der Waals surface area (Å²) in [6.07, 6.45) is -4.56. The highest BCUT2D eigenvalue weighted by atomic mass is 32.2. The number of benzene rings is 2. The smallest absolute Gasteiger partial charge is 0.416 e. The summed E-state index contributed by atoms with van der Waals surface area (Å²) in [5, 5.41) is -0.335. The van der Waals surface area contributed by atoms with E-state index in [1.165, 1.54) is 33.5 Å². The molecule has 0 aliphatic carbocycles. The van der Waals surface area contributed by atoms with Crippen LogP contribution in [-0.2, 0) is 17.4 Å². The Balaban J connectivity index is 1.87. The van der Waals surface area contributed by atoms with E-state index in [4.69, 9.17) is 14.2 Å². The lowest BCUT2D eigenvalue weighted by molar-refractivity contribution is -0.138. The topological polar surface area (TPSA) is 48.0 Å². The summed E-state index contributed by atoms with van der Waals surface area (Å²) in [6.45, 7) is 0.491. The number of carbonyl (C=O) groups is 1. The molecule has 1 amide bonds. The molecule has 1 atom stereocenters. The van der Waals surface area contributed by atoms with Crippen molar-refractivity contribution >= 4 is 17.7 Å². The van der Waals surface area contributed by atoms with Crippen LogP contribution >= 0.6 is 11.8 Å². The Morgan fingerprint density at radius 1 is 1.07 bits per heavy atom. The summed E-state index contributed by atoms with van der Waals surface area (Å²) in [5.74, 6) is 2.01. The van der Waals surface area contributed by atoms with Crippen molar-refractivity contribution in [1.82, 2.24) is 4.90 Å². The van der Waals surface area contributed by atoms with Crippen LogP contribution in [0.2, 0.25) is 0 Å². The quantitative estimate of drug-likeness (QED) is 0.658. The Hall–Kier alpha value is -2.55. The molecule has 30 heavy (non-hydrogen) atoms. The summed E-state index contributed by atoms with van der Waals surface area (Å²) >= 11 is 1.56. The van der Waals surface area contributed by atoms with E-state index in [1.807, 2.05) is 0 Å². The third-order valence-electron chi connectivity index (χ3n) is 4.82. The summed E-state index contributed by atoms with van der Waals surface area (Å²) in [4.78, 5) is 14.6. The van der Waals surface area contributed by atoms with Crippen LogP contribution in [0.4, 0.5) is 13.2 Å². The van der Waals surface area contributed by atoms with Crippen LogP contribution in [-0.4, -0.2) is 44.4 Å². The molecule has 0 N–H and O–H groups in total. The summed E-state index contributed by atoms with van der Waals surface area (Å²) in [7, 11) is 4.57. The zero-order valence-corrected chi connectivity index (χ0v) is 17.6. The predicted molar refractivity (Wildman–Crippen MR) is 108 cm³/mol. The van der Waals surface area contributed by atoms with Crippen LogP contribution in [0.5, 0.6) is 17.2 Å². The molecule has 1 aliphatic heterocycles. The minimum atomic E-state index is -4.45. The molecule has 0 spiro atoms. The molecule has 0 bridgehead atoms. The number of carbonyl (C=O) groups excluding carboxylic acids is 1. The molecule has 0 radical (unpaired) electrons. The Labute approximate surface area is 177 Å². The lowest BCUT2D eigenvalue weighted by Crippen LogP contribution is -2.32. The molecule has 2 aromatic carbocycles. The monoisotopic (exact) mass is 441 g/mol. The van der Waals surface area contributed by atoms with E-state index in [0.717, 1.165) is 17.7 Å². The highest BCUT2D eigenvalue weighted by Gasteiger charge is 2.34. The summed E-state index contributed by atoms with van der Waals surface area (Å²) < 4.78 is 55.1. The number of hydrogen-bond acceptors (Lipinski definition) is 5. The van der Waals surface area contributed by atoms with Gasteiger partial charge >= 0.3 is 6.18 Å². The number of thioether (sulfide) groups is 1. The maximum Gasteiger partial charge on any atom is 0.416 e. The molecule has 5 nitrogen and oxygen atoms in total. The first-order valence-electron chi connectivity index (χ1n) is 9.15. The van der Waals surface area contributed by atoms with Gasteiger partial charge in [0.2, 0.25) is 5.91 Å². The highest BCUT2D eigenvalue weighted by Crippen LogP contribution is 2.46. The van der Waals surface area contributed by atoms with E-state index in [2.05, 4.69) is 0 Å². The van der Waals surface area contributed by atoms with Crippen molar-refractivity contribution < 1.29 is 32.2 Å². The van der Waals surface area contributed by atoms with Crippen molar-refractivity contribution in [3.8, 4) is 17.2 Å². The fraction of sp³-hybridized carbons (Fsp3) is 0.381. The van der Waals surface area contributed by atoms with Gasteiger partial charge in [0.15, 0.2) is 11.5 Å². The standard InChI is InChI=1S/C21H22F3NO4S/c1-27-16-12-18(29-3)17(28-2)11-15(16)20-25(7-8-30-20)19(26)10-13-5-4-6-14(9-13)21(22,23)24/h4-6,9,11-12,20H,7-8,10H2,1-3H3. The molecule has 1 saturated heterocycles. The molecule has 1 unspecified atom stereocenters. The molecule has 3 rings (SSSR count). The van der Waals surface area contributed by atoms with Crippen LogP contribution in [0.3, 0.4) is 0 Å². The normalized spacial score (nSPS) is 16.5. The van der Waals surface area contributed by atoms with Crippen molar-refractivity contribution in [2.75, 3.05) is 33.6 Å². The van der Waals surface area contributed by atoms with Crippen LogP contribution in [0.15, 0.2) is 36.4 Å². The van der Waals surface area contributed by atoms with Crippen molar-refractivity contribution in [2.45, 2.75) is 18.0 Å². The van der Waals surface area contributed by atoms with Crippen molar-refractivity contribution in [2.24, 2.45) is 0 Å². The van der Waals surface area contributed by atoms with Crippen LogP contribution in [0.25, 0.3) is 0 Å². The Kier molecular flexibility index (Phi) is 6.70. The fourth-order valence-corrected chi connectivity index (χ4v) is 4.65. The van der Waals surface area contributed by atoms with Crippen LogP contribution in [0.1, 0.15) is 22.1 Å². The van der Waals surface area contributed by atoms with Gasteiger partial charge in [-0.25, -0.2) is 0 Å². The molecule has 0 saturated carbocycles. The number of halogens is 3. The molecule has 1 heterocycles. The Morgan fingerprint density at radius 2 is 1.73 bits per heavy atom. The molecular formula is C21H22F3NO4S. The van der Waals surface area contributed by atoms with E-state index < -0.39 is 11.7 Å². The minimum absolute atomic E-state index is 0.114. The molecule has 9 heteroatoms. The molecule has 2 aromatic rings. The maximum atomic E-state index is 13.0. The van der Waals surface area contributed by atoms with Gasteiger partial charge in [0.25, 0.3) is 0 Å². The molecular weight excluding hydrogens is 419 g/mol. The first-order chi connectivity index (χ1) is 14.3.